The van der Waals surface area contributed by atoms with E-state index in [2.05, 4.69) is 5.32 Å². The van der Waals surface area contributed by atoms with Crippen molar-refractivity contribution in [2.75, 3.05) is 17.3 Å². The number of imide groups is 1. The number of nitrogens with one attached hydrogen (secondary N) is 1. The molecule has 1 aromatic heterocycles. The lowest BCUT2D eigenvalue weighted by atomic mass is 10.1. The van der Waals surface area contributed by atoms with Gasteiger partial charge in [-0.3, -0.25) is 14.4 Å². The molecule has 0 unspecified atom stereocenters. The Morgan fingerprint density at radius 3 is 2.34 bits per heavy atom. The first kappa shape index (κ1) is 21.5. The molecule has 0 fully saturated rings. The summed E-state index contributed by atoms with van der Waals surface area (Å²) in [6.07, 6.45) is 0. The number of fused-ring (bicyclic) bond motifs is 1. The molecule has 1 aliphatic heterocycles. The second-order valence-corrected chi connectivity index (χ2v) is 8.65. The number of anilines is 2. The summed E-state index contributed by atoms with van der Waals surface area (Å²) in [6, 6.07) is 11.5. The average Bonchev–Trinajstić information content (AvgIpc) is 3.20. The van der Waals surface area contributed by atoms with Gasteiger partial charge in [0.2, 0.25) is 0 Å². The fourth-order valence-electron chi connectivity index (χ4n) is 3.65. The van der Waals surface area contributed by atoms with Gasteiger partial charge in [0, 0.05) is 10.4 Å². The van der Waals surface area contributed by atoms with Crippen LogP contribution in [0, 0.1) is 20.8 Å². The van der Waals surface area contributed by atoms with Crippen LogP contribution in [0.2, 0.25) is 0 Å². The van der Waals surface area contributed by atoms with E-state index in [0.29, 0.717) is 16.3 Å². The third-order valence-corrected chi connectivity index (χ3v) is 6.63. The maximum atomic E-state index is 13.0. The van der Waals surface area contributed by atoms with E-state index in [1.54, 1.807) is 19.1 Å². The van der Waals surface area contributed by atoms with Gasteiger partial charge in [-0.05, 0) is 56.2 Å². The van der Waals surface area contributed by atoms with Gasteiger partial charge >= 0.3 is 5.97 Å². The quantitative estimate of drug-likeness (QED) is 0.468. The SMILES string of the molecule is COC(=O)c1c(NC(=O)c2ccc3c(c2)C(=O)N(c2ccccc2C)C3=O)sc(C)c1C. The van der Waals surface area contributed by atoms with Crippen molar-refractivity contribution in [2.24, 2.45) is 0 Å². The van der Waals surface area contributed by atoms with Gasteiger partial charge in [0.15, 0.2) is 0 Å². The summed E-state index contributed by atoms with van der Waals surface area (Å²) in [6.45, 7) is 5.46. The number of hydrogen-bond acceptors (Lipinski definition) is 6. The summed E-state index contributed by atoms with van der Waals surface area (Å²) >= 11 is 1.27. The van der Waals surface area contributed by atoms with E-state index in [1.165, 1.54) is 36.6 Å². The molecule has 8 heteroatoms. The highest BCUT2D eigenvalue weighted by Crippen LogP contribution is 2.34. The van der Waals surface area contributed by atoms with Crippen LogP contribution in [-0.4, -0.2) is 30.8 Å². The van der Waals surface area contributed by atoms with Crippen LogP contribution in [0.1, 0.15) is 57.4 Å². The zero-order valence-electron chi connectivity index (χ0n) is 17.9. The van der Waals surface area contributed by atoms with Gasteiger partial charge in [-0.25, -0.2) is 9.69 Å². The molecule has 2 aromatic carbocycles. The Morgan fingerprint density at radius 2 is 1.66 bits per heavy atom. The van der Waals surface area contributed by atoms with Crippen LogP contribution in [0.25, 0.3) is 0 Å². The molecule has 0 saturated heterocycles. The van der Waals surface area contributed by atoms with Crippen molar-refractivity contribution < 1.29 is 23.9 Å². The minimum absolute atomic E-state index is 0.164. The Balaban J connectivity index is 1.66. The Morgan fingerprint density at radius 1 is 0.969 bits per heavy atom. The monoisotopic (exact) mass is 448 g/mol. The molecule has 4 rings (SSSR count). The van der Waals surface area contributed by atoms with Crippen molar-refractivity contribution in [2.45, 2.75) is 20.8 Å². The number of ether oxygens (including phenoxy) is 1. The topological polar surface area (TPSA) is 92.8 Å². The van der Waals surface area contributed by atoms with Gasteiger partial charge in [-0.1, -0.05) is 18.2 Å². The van der Waals surface area contributed by atoms with E-state index < -0.39 is 23.7 Å². The Bertz CT molecular complexity index is 1310. The van der Waals surface area contributed by atoms with Crippen molar-refractivity contribution in [3.63, 3.8) is 0 Å². The predicted octanol–water partition coefficient (Wildman–Crippen LogP) is 4.51. The predicted molar refractivity (Wildman–Crippen MR) is 122 cm³/mol. The molecule has 0 atom stereocenters. The van der Waals surface area contributed by atoms with E-state index in [1.807, 2.05) is 26.0 Å². The molecule has 1 aliphatic rings. The standard InChI is InChI=1S/C24H20N2O5S/c1-12-7-5-6-8-18(12)26-22(28)16-10-9-15(11-17(16)23(26)29)20(27)25-21-19(24(30)31-4)13(2)14(3)32-21/h5-11H,1-4H3,(H,25,27). The van der Waals surface area contributed by atoms with E-state index in [4.69, 9.17) is 4.74 Å². The van der Waals surface area contributed by atoms with Crippen molar-refractivity contribution in [3.05, 3.63) is 80.7 Å². The lowest BCUT2D eigenvalue weighted by Crippen LogP contribution is -2.29. The maximum Gasteiger partial charge on any atom is 0.341 e. The van der Waals surface area contributed by atoms with E-state index in [0.717, 1.165) is 20.9 Å². The number of carbonyl (C=O) groups is 4. The van der Waals surface area contributed by atoms with E-state index in [-0.39, 0.29) is 16.7 Å². The molecule has 0 bridgehead atoms. The van der Waals surface area contributed by atoms with Crippen molar-refractivity contribution >= 4 is 45.7 Å². The Labute approximate surface area is 188 Å². The minimum Gasteiger partial charge on any atom is -0.465 e. The molecule has 3 aromatic rings. The largest absolute Gasteiger partial charge is 0.465 e. The molecule has 0 radical (unpaired) electrons. The molecule has 0 spiro atoms. The second-order valence-electron chi connectivity index (χ2n) is 7.43. The van der Waals surface area contributed by atoms with Crippen molar-refractivity contribution in [3.8, 4) is 0 Å². The highest BCUT2D eigenvalue weighted by atomic mass is 32.1. The Hall–Kier alpha value is -3.78. The van der Waals surface area contributed by atoms with Gasteiger partial charge in [0.05, 0.1) is 29.5 Å². The number of rotatable bonds is 4. The van der Waals surface area contributed by atoms with Crippen LogP contribution in [0.3, 0.4) is 0 Å². The summed E-state index contributed by atoms with van der Waals surface area (Å²) in [5.74, 6) is -1.93. The van der Waals surface area contributed by atoms with Crippen LogP contribution in [0.15, 0.2) is 42.5 Å². The summed E-state index contributed by atoms with van der Waals surface area (Å²) in [4.78, 5) is 53.0. The van der Waals surface area contributed by atoms with Crippen LogP contribution < -0.4 is 10.2 Å². The van der Waals surface area contributed by atoms with E-state index in [9.17, 15) is 19.2 Å². The highest BCUT2D eigenvalue weighted by molar-refractivity contribution is 7.16. The average molecular weight is 449 g/mol. The minimum atomic E-state index is -0.536. The number of benzene rings is 2. The lowest BCUT2D eigenvalue weighted by molar-refractivity contribution is 0.0601. The first-order valence-electron chi connectivity index (χ1n) is 9.82. The first-order valence-corrected chi connectivity index (χ1v) is 10.6. The maximum absolute atomic E-state index is 13.0. The zero-order valence-corrected chi connectivity index (χ0v) is 18.8. The molecule has 2 heterocycles. The number of aryl methyl sites for hydroxylation is 2. The van der Waals surface area contributed by atoms with Gasteiger partial charge < -0.3 is 10.1 Å². The molecule has 1 N–H and O–H groups in total. The number of hydrogen-bond donors (Lipinski definition) is 1. The molecule has 7 nitrogen and oxygen atoms in total. The molecule has 0 aliphatic carbocycles. The third kappa shape index (κ3) is 3.38. The number of methoxy groups -OCH3 is 1. The summed E-state index contributed by atoms with van der Waals surface area (Å²) < 4.78 is 4.84. The van der Waals surface area contributed by atoms with Gasteiger partial charge in [0.1, 0.15) is 5.00 Å². The molecular formula is C24H20N2O5S. The fourth-order valence-corrected chi connectivity index (χ4v) is 4.70. The van der Waals surface area contributed by atoms with Gasteiger partial charge in [-0.2, -0.15) is 0 Å². The van der Waals surface area contributed by atoms with Crippen molar-refractivity contribution in [1.82, 2.24) is 0 Å². The third-order valence-electron chi connectivity index (χ3n) is 5.51. The van der Waals surface area contributed by atoms with Crippen LogP contribution >= 0.6 is 11.3 Å². The summed E-state index contributed by atoms with van der Waals surface area (Å²) in [5, 5.41) is 3.12. The van der Waals surface area contributed by atoms with Crippen LogP contribution in [0.4, 0.5) is 10.7 Å². The van der Waals surface area contributed by atoms with Gasteiger partial charge in [-0.15, -0.1) is 11.3 Å². The number of para-hydroxylation sites is 1. The summed E-state index contributed by atoms with van der Waals surface area (Å²) in [5.41, 5.74) is 2.96. The first-order chi connectivity index (χ1) is 15.2. The molecule has 3 amide bonds. The van der Waals surface area contributed by atoms with Crippen molar-refractivity contribution in [1.29, 1.82) is 0 Å². The highest BCUT2D eigenvalue weighted by Gasteiger charge is 2.37. The number of carbonyl (C=O) groups excluding carboxylic acids is 4. The van der Waals surface area contributed by atoms with Gasteiger partial charge in [0.25, 0.3) is 17.7 Å². The molecular weight excluding hydrogens is 428 g/mol. The van der Waals surface area contributed by atoms with Crippen LogP contribution in [0.5, 0.6) is 0 Å². The zero-order chi connectivity index (χ0) is 23.2. The molecule has 162 valence electrons. The number of amides is 3. The lowest BCUT2D eigenvalue weighted by Gasteiger charge is -2.16. The van der Waals surface area contributed by atoms with E-state index >= 15 is 0 Å². The number of nitrogens with zero attached hydrogens (tertiary/aromatic N) is 1. The van der Waals surface area contributed by atoms with Crippen LogP contribution in [-0.2, 0) is 4.74 Å². The summed E-state index contributed by atoms with van der Waals surface area (Å²) in [7, 11) is 1.28. The Kier molecular flexibility index (Phi) is 5.40. The molecule has 0 saturated carbocycles. The fraction of sp³-hybridized carbons (Fsp3) is 0.167. The normalized spacial score (nSPS) is 12.7. The number of esters is 1. The second kappa shape index (κ2) is 8.05. The number of thiophene rings is 1. The smallest absolute Gasteiger partial charge is 0.341 e. The molecule has 32 heavy (non-hydrogen) atoms.